The Balaban J connectivity index is 1.30. The molecule has 8 nitrogen and oxygen atoms in total. The minimum absolute atomic E-state index is 0.407. The number of fused-ring (bicyclic) bond motifs is 12. The molecule has 54 heavy (non-hydrogen) atoms. The molecule has 0 bridgehead atoms. The van der Waals surface area contributed by atoms with Crippen LogP contribution in [0.3, 0.4) is 0 Å². The Morgan fingerprint density at radius 3 is 1.24 bits per heavy atom. The average molecular weight is 721 g/mol. The van der Waals surface area contributed by atoms with Gasteiger partial charge in [-0.05, 0) is 68.1 Å². The number of ether oxygens (including phenoxy) is 4. The summed E-state index contributed by atoms with van der Waals surface area (Å²) in [5, 5.41) is 0. The predicted molar refractivity (Wildman–Crippen MR) is 209 cm³/mol. The molecule has 2 spiro atoms. The normalized spacial score (nSPS) is 19.4. The highest BCUT2D eigenvalue weighted by molar-refractivity contribution is 5.98. The van der Waals surface area contributed by atoms with Crippen molar-refractivity contribution < 1.29 is 28.5 Å². The molecule has 0 aliphatic carbocycles. The van der Waals surface area contributed by atoms with Crippen LogP contribution in [0.4, 0.5) is 11.4 Å². The lowest BCUT2D eigenvalue weighted by atomic mass is 9.73. The third-order valence-corrected chi connectivity index (χ3v) is 11.2. The Morgan fingerprint density at radius 1 is 0.444 bits per heavy atom. The summed E-state index contributed by atoms with van der Waals surface area (Å²) in [5.41, 5.74) is 4.66. The molecule has 4 heterocycles. The van der Waals surface area contributed by atoms with Gasteiger partial charge in [0.1, 0.15) is 23.0 Å². The van der Waals surface area contributed by atoms with E-state index in [0.717, 1.165) is 85.5 Å². The Kier molecular flexibility index (Phi) is 8.18. The lowest BCUT2D eigenvalue weighted by Crippen LogP contribution is -2.37. The Hall–Kier alpha value is -5.76. The third-order valence-electron chi connectivity index (χ3n) is 11.2. The van der Waals surface area contributed by atoms with Crippen molar-refractivity contribution in [3.8, 4) is 23.0 Å². The first-order valence-electron chi connectivity index (χ1n) is 19.4. The highest BCUT2D eigenvalue weighted by Crippen LogP contribution is 2.62. The van der Waals surface area contributed by atoms with Crippen LogP contribution in [-0.2, 0) is 20.7 Å². The van der Waals surface area contributed by atoms with Gasteiger partial charge >= 0.3 is 11.9 Å². The van der Waals surface area contributed by atoms with Crippen molar-refractivity contribution >= 4 is 23.3 Å². The average Bonchev–Trinajstić information content (AvgIpc) is 3.65. The molecule has 0 amide bonds. The highest BCUT2D eigenvalue weighted by Gasteiger charge is 2.58. The van der Waals surface area contributed by atoms with E-state index in [1.165, 1.54) is 0 Å². The molecule has 0 aromatic heterocycles. The van der Waals surface area contributed by atoms with E-state index in [9.17, 15) is 9.59 Å². The fraction of sp³-hybridized carbons (Fsp3) is 0.304. The summed E-state index contributed by atoms with van der Waals surface area (Å²) < 4.78 is 27.0. The number of esters is 2. The maximum absolute atomic E-state index is 13.8. The molecule has 4 aliphatic heterocycles. The van der Waals surface area contributed by atoms with Crippen molar-refractivity contribution in [2.45, 2.75) is 64.6 Å². The molecule has 5 aromatic carbocycles. The van der Waals surface area contributed by atoms with Crippen LogP contribution in [0, 0.1) is 0 Å². The lowest BCUT2D eigenvalue weighted by molar-refractivity contribution is 0.0208. The first-order chi connectivity index (χ1) is 26.4. The molecule has 0 fully saturated rings. The fourth-order valence-corrected chi connectivity index (χ4v) is 9.03. The molecular formula is C46H44N2O6. The molecule has 5 aromatic rings. The largest absolute Gasteiger partial charge is 0.456 e. The molecule has 4 aliphatic rings. The van der Waals surface area contributed by atoms with Crippen molar-refractivity contribution in [2.75, 3.05) is 36.0 Å². The monoisotopic (exact) mass is 720 g/mol. The zero-order chi connectivity index (χ0) is 37.2. The molecule has 2 atom stereocenters. The van der Waals surface area contributed by atoms with Crippen LogP contribution in [-0.4, -0.2) is 38.1 Å². The van der Waals surface area contributed by atoms with Crippen molar-refractivity contribution in [3.05, 3.63) is 142 Å². The van der Waals surface area contributed by atoms with E-state index in [1.54, 1.807) is 0 Å². The van der Waals surface area contributed by atoms with E-state index in [2.05, 4.69) is 61.8 Å². The van der Waals surface area contributed by atoms with Gasteiger partial charge in [-0.15, -0.1) is 0 Å². The molecule has 0 N–H and O–H groups in total. The van der Waals surface area contributed by atoms with E-state index in [-0.39, 0.29) is 0 Å². The van der Waals surface area contributed by atoms with Gasteiger partial charge in [0.05, 0.1) is 11.1 Å². The molecular weight excluding hydrogens is 677 g/mol. The van der Waals surface area contributed by atoms with Crippen LogP contribution < -0.4 is 19.3 Å². The van der Waals surface area contributed by atoms with Crippen LogP contribution in [0.5, 0.6) is 23.0 Å². The Bertz CT molecular complexity index is 2160. The van der Waals surface area contributed by atoms with Gasteiger partial charge in [-0.1, -0.05) is 64.1 Å². The molecule has 0 saturated carbocycles. The summed E-state index contributed by atoms with van der Waals surface area (Å²) in [4.78, 5) is 32.4. The predicted octanol–water partition coefficient (Wildman–Crippen LogP) is 10.1. The van der Waals surface area contributed by atoms with Gasteiger partial charge in [0, 0.05) is 89.1 Å². The number of carbonyl (C=O) groups excluding carboxylic acids is 2. The first-order valence-corrected chi connectivity index (χ1v) is 19.4. The first kappa shape index (κ1) is 34.0. The second-order valence-corrected chi connectivity index (χ2v) is 14.6. The summed E-state index contributed by atoms with van der Waals surface area (Å²) in [6, 6.07) is 31.4. The van der Waals surface area contributed by atoms with E-state index in [1.807, 2.05) is 72.8 Å². The summed E-state index contributed by atoms with van der Waals surface area (Å²) >= 11 is 0. The molecule has 274 valence electrons. The second-order valence-electron chi connectivity index (χ2n) is 14.6. The quantitative estimate of drug-likeness (QED) is 0.132. The van der Waals surface area contributed by atoms with E-state index >= 15 is 0 Å². The minimum atomic E-state index is -1.32. The summed E-state index contributed by atoms with van der Waals surface area (Å²) in [6.45, 7) is 12.4. The molecule has 0 radical (unpaired) electrons. The van der Waals surface area contributed by atoms with Gasteiger partial charge < -0.3 is 28.7 Å². The van der Waals surface area contributed by atoms with Gasteiger partial charge in [-0.25, -0.2) is 9.59 Å². The Morgan fingerprint density at radius 2 is 0.833 bits per heavy atom. The number of hydrogen-bond acceptors (Lipinski definition) is 8. The van der Waals surface area contributed by atoms with Crippen LogP contribution >= 0.6 is 0 Å². The molecule has 0 unspecified atom stereocenters. The topological polar surface area (TPSA) is 77.5 Å². The number of benzene rings is 5. The van der Waals surface area contributed by atoms with Gasteiger partial charge in [0.25, 0.3) is 0 Å². The van der Waals surface area contributed by atoms with Crippen LogP contribution in [0.15, 0.2) is 97.1 Å². The van der Waals surface area contributed by atoms with E-state index < -0.39 is 23.1 Å². The summed E-state index contributed by atoms with van der Waals surface area (Å²) in [5.74, 6) is 1.42. The van der Waals surface area contributed by atoms with Crippen molar-refractivity contribution in [1.29, 1.82) is 0 Å². The van der Waals surface area contributed by atoms with E-state index in [0.29, 0.717) is 45.3 Å². The standard InChI is InChI=1S/C46H44N2O6/c1-5-21-47(22-6-2)29-17-19-35-39(25-29)51-41-28-42-38(27-37(41)45(35)33-15-11-9-13-31(33)43(49)53-45)46(34-16-12-10-14-32(34)44(50)54-46)36-20-18-30(26-40(36)52-42)48(23-7-3)24-8-4/h9-20,25-28H,5-8,21-24H2,1-4H3/t45-,46-/m0/s1. The number of rotatable bonds is 10. The molecule has 8 heteroatoms. The van der Waals surface area contributed by atoms with Crippen molar-refractivity contribution in [2.24, 2.45) is 0 Å². The van der Waals surface area contributed by atoms with Crippen LogP contribution in [0.2, 0.25) is 0 Å². The van der Waals surface area contributed by atoms with Crippen molar-refractivity contribution in [1.82, 2.24) is 0 Å². The lowest BCUT2D eigenvalue weighted by Gasteiger charge is -2.41. The van der Waals surface area contributed by atoms with Crippen molar-refractivity contribution in [3.63, 3.8) is 0 Å². The van der Waals surface area contributed by atoms with Crippen LogP contribution in [0.25, 0.3) is 0 Å². The van der Waals surface area contributed by atoms with Gasteiger partial charge in [-0.3, -0.25) is 0 Å². The smallest absolute Gasteiger partial charge is 0.340 e. The van der Waals surface area contributed by atoms with E-state index in [4.69, 9.17) is 18.9 Å². The maximum atomic E-state index is 13.8. The SMILES string of the molecule is CCCN(CCC)c1ccc2c(c1)Oc1cc3c(cc1[C@@]21OC(=O)c2ccccc21)[C@@]1(OC(=O)c2ccccc21)c1ccc(N(CCC)CCC)cc1O3. The highest BCUT2D eigenvalue weighted by atomic mass is 16.6. The molecule has 0 saturated heterocycles. The number of nitrogens with zero attached hydrogens (tertiary/aromatic N) is 2. The number of carbonyl (C=O) groups is 2. The zero-order valence-corrected chi connectivity index (χ0v) is 31.2. The van der Waals surface area contributed by atoms with Gasteiger partial charge in [0.15, 0.2) is 11.2 Å². The maximum Gasteiger partial charge on any atom is 0.340 e. The minimum Gasteiger partial charge on any atom is -0.456 e. The number of anilines is 2. The third kappa shape index (κ3) is 4.81. The fourth-order valence-electron chi connectivity index (χ4n) is 9.03. The summed E-state index contributed by atoms with van der Waals surface area (Å²) in [6.07, 6.45) is 4.03. The molecule has 9 rings (SSSR count). The van der Waals surface area contributed by atoms with Crippen LogP contribution in [0.1, 0.15) is 107 Å². The Labute approximate surface area is 316 Å². The summed E-state index contributed by atoms with van der Waals surface area (Å²) in [7, 11) is 0. The second kappa shape index (κ2) is 13.0. The number of hydrogen-bond donors (Lipinski definition) is 0. The van der Waals surface area contributed by atoms with Gasteiger partial charge in [0.2, 0.25) is 0 Å². The zero-order valence-electron chi connectivity index (χ0n) is 31.2. The van der Waals surface area contributed by atoms with Gasteiger partial charge in [-0.2, -0.15) is 0 Å².